The van der Waals surface area contributed by atoms with Crippen LogP contribution in [0.25, 0.3) is 0 Å². The van der Waals surface area contributed by atoms with Crippen LogP contribution in [0.5, 0.6) is 0 Å². The average molecular weight is 322 g/mol. The Hall–Kier alpha value is -2.99. The van der Waals surface area contributed by atoms with Gasteiger partial charge in [0.15, 0.2) is 0 Å². The zero-order valence-electron chi connectivity index (χ0n) is 13.0. The molecule has 0 fully saturated rings. The third-order valence-corrected chi connectivity index (χ3v) is 3.79. The van der Waals surface area contributed by atoms with Gasteiger partial charge in [-0.15, -0.1) is 0 Å². The predicted octanol–water partition coefficient (Wildman–Crippen LogP) is 2.16. The number of carbonyl (C=O) groups excluding carboxylic acids is 2. The fourth-order valence-corrected chi connectivity index (χ4v) is 2.45. The Morgan fingerprint density at radius 3 is 2.42 bits per heavy atom. The lowest BCUT2D eigenvalue weighted by atomic mass is 10.0. The van der Waals surface area contributed by atoms with Gasteiger partial charge in [0, 0.05) is 18.5 Å². The maximum Gasteiger partial charge on any atom is 0.240 e. The van der Waals surface area contributed by atoms with Crippen molar-refractivity contribution in [2.24, 2.45) is 5.10 Å². The molecule has 6 heteroatoms. The van der Waals surface area contributed by atoms with E-state index in [2.05, 4.69) is 21.4 Å². The second-order valence-electron chi connectivity index (χ2n) is 5.46. The van der Waals surface area contributed by atoms with Gasteiger partial charge in [0.2, 0.25) is 5.91 Å². The van der Waals surface area contributed by atoms with Crippen molar-refractivity contribution in [2.75, 3.05) is 5.43 Å². The lowest BCUT2D eigenvalue weighted by Gasteiger charge is -2.16. The highest BCUT2D eigenvalue weighted by Crippen LogP contribution is 2.15. The van der Waals surface area contributed by atoms with E-state index >= 15 is 0 Å². The minimum Gasteiger partial charge on any atom is -0.321 e. The van der Waals surface area contributed by atoms with Gasteiger partial charge in [0.25, 0.3) is 0 Å². The molecular formula is C18H18N4O2. The van der Waals surface area contributed by atoms with Crippen LogP contribution in [0, 0.1) is 0 Å². The molecule has 2 aromatic carbocycles. The molecule has 6 nitrogen and oxygen atoms in total. The monoisotopic (exact) mass is 322 g/mol. The Bertz CT molecular complexity index is 741. The van der Waals surface area contributed by atoms with E-state index in [-0.39, 0.29) is 5.91 Å². The summed E-state index contributed by atoms with van der Waals surface area (Å²) >= 11 is 0. The van der Waals surface area contributed by atoms with E-state index in [0.29, 0.717) is 12.8 Å². The topological polar surface area (TPSA) is 82.6 Å². The molecule has 0 saturated carbocycles. The summed E-state index contributed by atoms with van der Waals surface area (Å²) in [6.45, 7) is 0. The van der Waals surface area contributed by atoms with Crippen LogP contribution < -0.4 is 16.3 Å². The van der Waals surface area contributed by atoms with E-state index in [1.54, 1.807) is 0 Å². The van der Waals surface area contributed by atoms with Crippen LogP contribution in [0.1, 0.15) is 30.0 Å². The van der Waals surface area contributed by atoms with Crippen LogP contribution in [-0.4, -0.2) is 17.9 Å². The van der Waals surface area contributed by atoms with Gasteiger partial charge in [0.05, 0.1) is 5.71 Å². The first-order chi connectivity index (χ1) is 11.8. The van der Waals surface area contributed by atoms with Crippen molar-refractivity contribution >= 4 is 23.6 Å². The molecule has 0 bridgehead atoms. The first-order valence-corrected chi connectivity index (χ1v) is 7.74. The van der Waals surface area contributed by atoms with Gasteiger partial charge in [-0.1, -0.05) is 42.5 Å². The normalized spacial score (nSPS) is 15.2. The van der Waals surface area contributed by atoms with Gasteiger partial charge in [-0.05, 0) is 23.3 Å². The molecule has 3 rings (SSSR count). The average Bonchev–Trinajstić information content (AvgIpc) is 2.64. The summed E-state index contributed by atoms with van der Waals surface area (Å²) in [7, 11) is 0. The van der Waals surface area contributed by atoms with Gasteiger partial charge in [0.1, 0.15) is 12.3 Å². The van der Waals surface area contributed by atoms with E-state index in [9.17, 15) is 9.59 Å². The second kappa shape index (κ2) is 7.52. The fourth-order valence-electron chi connectivity index (χ4n) is 2.45. The summed E-state index contributed by atoms with van der Waals surface area (Å²) in [5.74, 6) is -0.0537. The Morgan fingerprint density at radius 2 is 1.79 bits per heavy atom. The number of benzene rings is 2. The van der Waals surface area contributed by atoms with Gasteiger partial charge in [-0.25, -0.2) is 10.9 Å². The van der Waals surface area contributed by atoms with E-state index in [1.807, 2.05) is 54.6 Å². The number of rotatable bonds is 6. The van der Waals surface area contributed by atoms with Crippen molar-refractivity contribution in [3.8, 4) is 0 Å². The van der Waals surface area contributed by atoms with E-state index in [1.165, 1.54) is 0 Å². The van der Waals surface area contributed by atoms with E-state index in [4.69, 9.17) is 0 Å². The number of amides is 1. The molecule has 1 atom stereocenters. The van der Waals surface area contributed by atoms with Crippen molar-refractivity contribution < 1.29 is 9.59 Å². The number of nitrogens with one attached hydrogen (secondary N) is 3. The Labute approximate surface area is 139 Å². The second-order valence-corrected chi connectivity index (χ2v) is 5.46. The summed E-state index contributed by atoms with van der Waals surface area (Å²) in [6.07, 6.45) is 1.95. The number of hydrogen-bond donors (Lipinski definition) is 3. The molecule has 1 aliphatic heterocycles. The van der Waals surface area contributed by atoms with Crippen molar-refractivity contribution in [1.82, 2.24) is 10.9 Å². The molecule has 0 aliphatic carbocycles. The van der Waals surface area contributed by atoms with Crippen LogP contribution in [0.15, 0.2) is 59.7 Å². The maximum absolute atomic E-state index is 11.3. The summed E-state index contributed by atoms with van der Waals surface area (Å²) in [6, 6.07) is 16.7. The largest absolute Gasteiger partial charge is 0.321 e. The van der Waals surface area contributed by atoms with Crippen LogP contribution >= 0.6 is 0 Å². The number of anilines is 1. The minimum atomic E-state index is -0.427. The molecule has 1 amide bonds. The van der Waals surface area contributed by atoms with Crippen LogP contribution in [0.3, 0.4) is 0 Å². The molecule has 122 valence electrons. The molecule has 2 aromatic rings. The standard InChI is InChI=1S/C18H18N4O2/c23-12-17(13-4-2-1-3-5-13)21-19-15-8-6-14(7-9-15)16-10-11-18(24)22-20-16/h1-9,12,17,19,21H,10-11H2,(H,22,24). The molecule has 0 aromatic heterocycles. The molecule has 1 aliphatic rings. The van der Waals surface area contributed by atoms with Crippen LogP contribution in [0.2, 0.25) is 0 Å². The number of hydrazone groups is 1. The van der Waals surface area contributed by atoms with Crippen molar-refractivity contribution in [1.29, 1.82) is 0 Å². The number of hydrazine groups is 1. The molecule has 1 heterocycles. The lowest BCUT2D eigenvalue weighted by molar-refractivity contribution is -0.121. The highest BCUT2D eigenvalue weighted by molar-refractivity contribution is 6.04. The predicted molar refractivity (Wildman–Crippen MR) is 92.4 cm³/mol. The molecule has 0 saturated heterocycles. The Morgan fingerprint density at radius 1 is 1.04 bits per heavy atom. The Kier molecular flexibility index (Phi) is 4.98. The number of carbonyl (C=O) groups is 2. The summed E-state index contributed by atoms with van der Waals surface area (Å²) < 4.78 is 0. The SMILES string of the molecule is O=CC(NNc1ccc(C2=NNC(=O)CC2)cc1)c1ccccc1. The smallest absolute Gasteiger partial charge is 0.240 e. The van der Waals surface area contributed by atoms with E-state index in [0.717, 1.165) is 28.8 Å². The summed E-state index contributed by atoms with van der Waals surface area (Å²) in [5, 5.41) is 4.07. The van der Waals surface area contributed by atoms with Crippen molar-refractivity contribution in [2.45, 2.75) is 18.9 Å². The minimum absolute atomic E-state index is 0.0537. The first kappa shape index (κ1) is 15.9. The van der Waals surface area contributed by atoms with Gasteiger partial charge in [-0.3, -0.25) is 4.79 Å². The van der Waals surface area contributed by atoms with Crippen LogP contribution in [0.4, 0.5) is 5.69 Å². The molecule has 24 heavy (non-hydrogen) atoms. The number of hydrogen-bond acceptors (Lipinski definition) is 5. The van der Waals surface area contributed by atoms with Crippen molar-refractivity contribution in [3.63, 3.8) is 0 Å². The number of aldehydes is 1. The highest BCUT2D eigenvalue weighted by Gasteiger charge is 2.13. The maximum atomic E-state index is 11.3. The zero-order valence-corrected chi connectivity index (χ0v) is 13.0. The summed E-state index contributed by atoms with van der Waals surface area (Å²) in [5.41, 5.74) is 12.1. The van der Waals surface area contributed by atoms with Gasteiger partial charge in [-0.2, -0.15) is 5.10 Å². The third kappa shape index (κ3) is 3.85. The van der Waals surface area contributed by atoms with Crippen molar-refractivity contribution in [3.05, 3.63) is 65.7 Å². The van der Waals surface area contributed by atoms with Crippen LogP contribution in [-0.2, 0) is 9.59 Å². The van der Waals surface area contributed by atoms with Gasteiger partial charge >= 0.3 is 0 Å². The molecule has 3 N–H and O–H groups in total. The number of nitrogens with zero attached hydrogens (tertiary/aromatic N) is 1. The van der Waals surface area contributed by atoms with E-state index < -0.39 is 6.04 Å². The lowest BCUT2D eigenvalue weighted by Crippen LogP contribution is -2.28. The Balaban J connectivity index is 1.62. The zero-order chi connectivity index (χ0) is 16.8. The quantitative estimate of drug-likeness (QED) is 0.562. The third-order valence-electron chi connectivity index (χ3n) is 3.79. The summed E-state index contributed by atoms with van der Waals surface area (Å²) in [4.78, 5) is 22.4. The molecule has 0 radical (unpaired) electrons. The van der Waals surface area contributed by atoms with Gasteiger partial charge < -0.3 is 10.2 Å². The highest BCUT2D eigenvalue weighted by atomic mass is 16.2. The molecule has 1 unspecified atom stereocenters. The first-order valence-electron chi connectivity index (χ1n) is 7.74. The fraction of sp³-hybridized carbons (Fsp3) is 0.167. The molecule has 0 spiro atoms. The molecular weight excluding hydrogens is 304 g/mol.